The number of amides is 1. The number of hydrogen-bond acceptors (Lipinski definition) is 3. The number of aliphatic hydroxyl groups is 1. The summed E-state index contributed by atoms with van der Waals surface area (Å²) in [7, 11) is 0. The minimum Gasteiger partial charge on any atom is -0.388 e. The lowest BCUT2D eigenvalue weighted by Gasteiger charge is -2.19. The van der Waals surface area contributed by atoms with Crippen molar-refractivity contribution in [3.8, 4) is 0 Å². The summed E-state index contributed by atoms with van der Waals surface area (Å²) in [5, 5.41) is 13.0. The van der Waals surface area contributed by atoms with E-state index < -0.39 is 6.10 Å². The van der Waals surface area contributed by atoms with Gasteiger partial charge in [0.2, 0.25) is 5.91 Å². The van der Waals surface area contributed by atoms with Gasteiger partial charge in [-0.1, -0.05) is 30.3 Å². The normalized spacial score (nSPS) is 18.2. The van der Waals surface area contributed by atoms with Gasteiger partial charge >= 0.3 is 0 Å². The molecule has 2 aromatic carbocycles. The number of nitrogens with one attached hydrogen (secondary N) is 1. The number of hydrogen-bond donors (Lipinski definition) is 2. The van der Waals surface area contributed by atoms with Gasteiger partial charge in [-0.3, -0.25) is 4.79 Å². The number of anilines is 1. The van der Waals surface area contributed by atoms with E-state index in [1.807, 2.05) is 30.3 Å². The number of carbonyl (C=O) groups is 1. The average Bonchev–Trinajstić information content (AvgIpc) is 3.10. The van der Waals surface area contributed by atoms with E-state index in [0.29, 0.717) is 12.5 Å². The van der Waals surface area contributed by atoms with E-state index in [1.165, 1.54) is 12.1 Å². The van der Waals surface area contributed by atoms with Gasteiger partial charge in [0.25, 0.3) is 0 Å². The smallest absolute Gasteiger partial charge is 0.222 e. The van der Waals surface area contributed by atoms with Crippen LogP contribution in [0.2, 0.25) is 0 Å². The first-order valence-electron chi connectivity index (χ1n) is 8.62. The van der Waals surface area contributed by atoms with Crippen LogP contribution in [0.3, 0.4) is 0 Å². The molecule has 0 saturated carbocycles. The molecule has 25 heavy (non-hydrogen) atoms. The number of nitrogens with zero attached hydrogens (tertiary/aromatic N) is 1. The SMILES string of the molecule is O=C(CC(O)c1ccccc1)NCC1CCN(c2ccc(F)cc2)C1. The van der Waals surface area contributed by atoms with Gasteiger partial charge in [0.05, 0.1) is 12.5 Å². The summed E-state index contributed by atoms with van der Waals surface area (Å²) in [5.74, 6) is -0.0109. The first kappa shape index (κ1) is 17.4. The number of benzene rings is 2. The molecule has 1 fully saturated rings. The van der Waals surface area contributed by atoms with Crippen LogP contribution in [-0.4, -0.2) is 30.6 Å². The van der Waals surface area contributed by atoms with Crippen LogP contribution in [0.1, 0.15) is 24.5 Å². The molecule has 0 bridgehead atoms. The molecule has 0 aromatic heterocycles. The fourth-order valence-corrected chi connectivity index (χ4v) is 3.18. The molecule has 2 unspecified atom stereocenters. The van der Waals surface area contributed by atoms with E-state index in [2.05, 4.69) is 10.2 Å². The zero-order chi connectivity index (χ0) is 17.6. The van der Waals surface area contributed by atoms with Gasteiger partial charge in [-0.25, -0.2) is 4.39 Å². The molecule has 2 atom stereocenters. The molecule has 4 nitrogen and oxygen atoms in total. The molecular formula is C20H23FN2O2. The second-order valence-corrected chi connectivity index (χ2v) is 6.51. The van der Waals surface area contributed by atoms with Crippen molar-refractivity contribution in [2.75, 3.05) is 24.5 Å². The Kier molecular flexibility index (Phi) is 5.66. The van der Waals surface area contributed by atoms with Crippen molar-refractivity contribution >= 4 is 11.6 Å². The maximum absolute atomic E-state index is 13.0. The highest BCUT2D eigenvalue weighted by atomic mass is 19.1. The molecule has 2 aromatic rings. The van der Waals surface area contributed by atoms with Crippen LogP contribution in [-0.2, 0) is 4.79 Å². The Morgan fingerprint density at radius 2 is 1.92 bits per heavy atom. The summed E-state index contributed by atoms with van der Waals surface area (Å²) in [4.78, 5) is 14.2. The van der Waals surface area contributed by atoms with E-state index in [4.69, 9.17) is 0 Å². The lowest BCUT2D eigenvalue weighted by atomic mass is 10.1. The van der Waals surface area contributed by atoms with Gasteiger partial charge in [-0.15, -0.1) is 0 Å². The van der Waals surface area contributed by atoms with Gasteiger partial charge < -0.3 is 15.3 Å². The van der Waals surface area contributed by atoms with Crippen LogP contribution in [0.25, 0.3) is 0 Å². The molecule has 0 radical (unpaired) electrons. The van der Waals surface area contributed by atoms with Crippen LogP contribution in [0.4, 0.5) is 10.1 Å². The van der Waals surface area contributed by atoms with Gasteiger partial charge in [0.1, 0.15) is 5.82 Å². The highest BCUT2D eigenvalue weighted by Crippen LogP contribution is 2.23. The fraction of sp³-hybridized carbons (Fsp3) is 0.350. The topological polar surface area (TPSA) is 52.6 Å². The minimum atomic E-state index is -0.777. The van der Waals surface area contributed by atoms with Crippen LogP contribution in [0, 0.1) is 11.7 Å². The Morgan fingerprint density at radius 1 is 1.20 bits per heavy atom. The predicted octanol–water partition coefficient (Wildman–Crippen LogP) is 2.89. The summed E-state index contributed by atoms with van der Waals surface area (Å²) in [5.41, 5.74) is 1.76. The number of rotatable bonds is 6. The average molecular weight is 342 g/mol. The van der Waals surface area contributed by atoms with Crippen LogP contribution >= 0.6 is 0 Å². The Balaban J connectivity index is 1.43. The van der Waals surface area contributed by atoms with Gasteiger partial charge in [0, 0.05) is 25.3 Å². The Labute approximate surface area is 147 Å². The predicted molar refractivity (Wildman–Crippen MR) is 95.7 cm³/mol. The third kappa shape index (κ3) is 4.79. The largest absolute Gasteiger partial charge is 0.388 e. The molecule has 132 valence electrons. The van der Waals surface area contributed by atoms with Gasteiger partial charge in [0.15, 0.2) is 0 Å². The van der Waals surface area contributed by atoms with Gasteiger partial charge in [-0.05, 0) is 42.2 Å². The van der Waals surface area contributed by atoms with Crippen molar-refractivity contribution in [2.24, 2.45) is 5.92 Å². The third-order valence-electron chi connectivity index (χ3n) is 4.63. The maximum atomic E-state index is 13.0. The third-order valence-corrected chi connectivity index (χ3v) is 4.63. The molecule has 5 heteroatoms. The molecule has 1 amide bonds. The van der Waals surface area contributed by atoms with E-state index in [-0.39, 0.29) is 18.1 Å². The van der Waals surface area contributed by atoms with Crippen LogP contribution in [0.5, 0.6) is 0 Å². The Hall–Kier alpha value is -2.40. The Bertz CT molecular complexity index is 691. The summed E-state index contributed by atoms with van der Waals surface area (Å²) in [6.45, 7) is 2.34. The number of aliphatic hydroxyl groups excluding tert-OH is 1. The van der Waals surface area contributed by atoms with Crippen LogP contribution in [0.15, 0.2) is 54.6 Å². The molecule has 1 saturated heterocycles. The second-order valence-electron chi connectivity index (χ2n) is 6.51. The van der Waals surface area contributed by atoms with E-state index in [1.54, 1.807) is 12.1 Å². The molecular weight excluding hydrogens is 319 g/mol. The highest BCUT2D eigenvalue weighted by molar-refractivity contribution is 5.76. The Morgan fingerprint density at radius 3 is 2.64 bits per heavy atom. The van der Waals surface area contributed by atoms with E-state index >= 15 is 0 Å². The molecule has 1 heterocycles. The highest BCUT2D eigenvalue weighted by Gasteiger charge is 2.23. The van der Waals surface area contributed by atoms with Crippen molar-refractivity contribution in [2.45, 2.75) is 18.9 Å². The first-order valence-corrected chi connectivity index (χ1v) is 8.62. The number of halogens is 1. The first-order chi connectivity index (χ1) is 12.1. The lowest BCUT2D eigenvalue weighted by molar-refractivity contribution is -0.123. The van der Waals surface area contributed by atoms with Crippen molar-refractivity contribution < 1.29 is 14.3 Å². The molecule has 0 spiro atoms. The molecule has 2 N–H and O–H groups in total. The van der Waals surface area contributed by atoms with E-state index in [0.717, 1.165) is 30.8 Å². The lowest BCUT2D eigenvalue weighted by Crippen LogP contribution is -2.31. The molecule has 1 aliphatic heterocycles. The zero-order valence-electron chi connectivity index (χ0n) is 14.1. The zero-order valence-corrected chi connectivity index (χ0v) is 14.1. The standard InChI is InChI=1S/C20H23FN2O2/c21-17-6-8-18(9-7-17)23-11-10-15(14-23)13-22-20(25)12-19(24)16-4-2-1-3-5-16/h1-9,15,19,24H,10-14H2,(H,22,25). The summed E-state index contributed by atoms with van der Waals surface area (Å²) in [6.07, 6.45) is 0.276. The van der Waals surface area contributed by atoms with Crippen molar-refractivity contribution in [1.82, 2.24) is 5.32 Å². The summed E-state index contributed by atoms with van der Waals surface area (Å²) >= 11 is 0. The van der Waals surface area contributed by atoms with Crippen molar-refractivity contribution in [3.05, 3.63) is 66.0 Å². The van der Waals surface area contributed by atoms with Crippen molar-refractivity contribution in [1.29, 1.82) is 0 Å². The van der Waals surface area contributed by atoms with Crippen molar-refractivity contribution in [3.63, 3.8) is 0 Å². The second kappa shape index (κ2) is 8.12. The minimum absolute atomic E-state index is 0.0679. The summed E-state index contributed by atoms with van der Waals surface area (Å²) < 4.78 is 13.0. The quantitative estimate of drug-likeness (QED) is 0.849. The fourth-order valence-electron chi connectivity index (χ4n) is 3.18. The van der Waals surface area contributed by atoms with Crippen LogP contribution < -0.4 is 10.2 Å². The van der Waals surface area contributed by atoms with E-state index in [9.17, 15) is 14.3 Å². The molecule has 1 aliphatic rings. The maximum Gasteiger partial charge on any atom is 0.222 e. The van der Waals surface area contributed by atoms with Gasteiger partial charge in [-0.2, -0.15) is 0 Å². The number of carbonyl (C=O) groups excluding carboxylic acids is 1. The monoisotopic (exact) mass is 342 g/mol. The molecule has 0 aliphatic carbocycles. The molecule has 3 rings (SSSR count). The summed E-state index contributed by atoms with van der Waals surface area (Å²) in [6, 6.07) is 15.7.